The van der Waals surface area contributed by atoms with Crippen LogP contribution in [0.3, 0.4) is 0 Å². The zero-order chi connectivity index (χ0) is 15.4. The van der Waals surface area contributed by atoms with Crippen LogP contribution in [0.1, 0.15) is 37.6 Å². The number of hydrogen-bond donors (Lipinski definition) is 1. The van der Waals surface area contributed by atoms with Gasteiger partial charge in [-0.1, -0.05) is 32.9 Å². The van der Waals surface area contributed by atoms with Gasteiger partial charge in [-0.25, -0.2) is 4.98 Å². The Morgan fingerprint density at radius 1 is 1.14 bits per heavy atom. The zero-order valence-corrected chi connectivity index (χ0v) is 14.0. The Kier molecular flexibility index (Phi) is 3.10. The summed E-state index contributed by atoms with van der Waals surface area (Å²) in [5.74, 6) is 0.736. The monoisotopic (exact) mass is 299 g/mol. The van der Waals surface area contributed by atoms with E-state index in [1.54, 1.807) is 11.3 Å². The number of thiazole rings is 1. The van der Waals surface area contributed by atoms with E-state index in [1.807, 2.05) is 0 Å². The van der Waals surface area contributed by atoms with Crippen LogP contribution in [-0.4, -0.2) is 9.38 Å². The van der Waals surface area contributed by atoms with Gasteiger partial charge in [0, 0.05) is 22.1 Å². The molecule has 2 N–H and O–H groups in total. The largest absolute Gasteiger partial charge is 0.383 e. The Labute approximate surface area is 129 Å². The molecule has 0 fully saturated rings. The van der Waals surface area contributed by atoms with Gasteiger partial charge in [-0.2, -0.15) is 0 Å². The number of nitrogens with two attached hydrogens (primary N) is 1. The third kappa shape index (κ3) is 2.23. The Morgan fingerprint density at radius 2 is 1.86 bits per heavy atom. The van der Waals surface area contributed by atoms with Crippen molar-refractivity contribution in [2.75, 3.05) is 5.73 Å². The van der Waals surface area contributed by atoms with Gasteiger partial charge in [0.25, 0.3) is 0 Å². The highest BCUT2D eigenvalue weighted by molar-refractivity contribution is 7.15. The average Bonchev–Trinajstić information content (AvgIpc) is 2.93. The summed E-state index contributed by atoms with van der Waals surface area (Å²) in [5, 5.41) is 2.16. The van der Waals surface area contributed by atoms with E-state index in [0.717, 1.165) is 22.0 Å². The van der Waals surface area contributed by atoms with Crippen molar-refractivity contribution in [3.8, 4) is 11.3 Å². The van der Waals surface area contributed by atoms with E-state index in [4.69, 9.17) is 10.7 Å². The first-order chi connectivity index (χ1) is 9.79. The molecule has 0 saturated carbocycles. The first-order valence-corrected chi connectivity index (χ1v) is 8.00. The fourth-order valence-corrected chi connectivity index (χ4v) is 3.62. The first kappa shape index (κ1) is 14.1. The summed E-state index contributed by atoms with van der Waals surface area (Å²) in [6.07, 6.45) is 0. The highest BCUT2D eigenvalue weighted by Crippen LogP contribution is 2.35. The van der Waals surface area contributed by atoms with Gasteiger partial charge in [0.15, 0.2) is 4.96 Å². The second-order valence-corrected chi connectivity index (χ2v) is 7.47. The minimum atomic E-state index is 0.0491. The summed E-state index contributed by atoms with van der Waals surface area (Å²) >= 11 is 1.65. The molecule has 3 nitrogen and oxygen atoms in total. The van der Waals surface area contributed by atoms with Gasteiger partial charge in [0.1, 0.15) is 11.5 Å². The van der Waals surface area contributed by atoms with Gasteiger partial charge in [-0.05, 0) is 31.0 Å². The summed E-state index contributed by atoms with van der Waals surface area (Å²) in [7, 11) is 0. The molecule has 3 aromatic rings. The van der Waals surface area contributed by atoms with Crippen molar-refractivity contribution < 1.29 is 0 Å². The normalized spacial score (nSPS) is 12.2. The predicted octanol–water partition coefficient (Wildman–Crippen LogP) is 4.56. The van der Waals surface area contributed by atoms with Crippen molar-refractivity contribution in [2.24, 2.45) is 0 Å². The molecule has 21 heavy (non-hydrogen) atoms. The van der Waals surface area contributed by atoms with E-state index in [9.17, 15) is 0 Å². The van der Waals surface area contributed by atoms with Crippen LogP contribution in [0.25, 0.3) is 16.2 Å². The van der Waals surface area contributed by atoms with E-state index in [2.05, 4.69) is 62.6 Å². The van der Waals surface area contributed by atoms with Gasteiger partial charge in [-0.3, -0.25) is 4.40 Å². The topological polar surface area (TPSA) is 43.3 Å². The van der Waals surface area contributed by atoms with Crippen molar-refractivity contribution in [3.05, 3.63) is 40.4 Å². The van der Waals surface area contributed by atoms with Crippen molar-refractivity contribution in [1.82, 2.24) is 9.38 Å². The van der Waals surface area contributed by atoms with Crippen LogP contribution >= 0.6 is 11.3 Å². The van der Waals surface area contributed by atoms with Crippen molar-refractivity contribution >= 4 is 22.1 Å². The van der Waals surface area contributed by atoms with Crippen molar-refractivity contribution in [1.29, 1.82) is 0 Å². The standard InChI is InChI=1S/C17H21N3S/c1-10-6-7-12(8-11(10)2)14-15(18)20-13(17(3,4)5)9-21-16(20)19-14/h6-9H,18H2,1-5H3. The average molecular weight is 299 g/mol. The molecule has 2 aromatic heterocycles. The lowest BCUT2D eigenvalue weighted by Gasteiger charge is -2.17. The Balaban J connectivity index is 2.23. The molecular formula is C17H21N3S. The third-order valence-electron chi connectivity index (χ3n) is 3.95. The molecule has 0 bridgehead atoms. The Hall–Kier alpha value is -1.81. The minimum Gasteiger partial charge on any atom is -0.383 e. The number of benzene rings is 1. The summed E-state index contributed by atoms with van der Waals surface area (Å²) in [6.45, 7) is 10.8. The summed E-state index contributed by atoms with van der Waals surface area (Å²) in [6, 6.07) is 6.39. The molecule has 110 valence electrons. The molecule has 0 aliphatic rings. The van der Waals surface area contributed by atoms with E-state index >= 15 is 0 Å². The quantitative estimate of drug-likeness (QED) is 0.716. The highest BCUT2D eigenvalue weighted by atomic mass is 32.1. The number of nitrogens with zero attached hydrogens (tertiary/aromatic N) is 2. The lowest BCUT2D eigenvalue weighted by molar-refractivity contribution is 0.566. The van der Waals surface area contributed by atoms with Crippen LogP contribution in [0.5, 0.6) is 0 Å². The first-order valence-electron chi connectivity index (χ1n) is 7.12. The van der Waals surface area contributed by atoms with Crippen molar-refractivity contribution in [3.63, 3.8) is 0 Å². The fraction of sp³-hybridized carbons (Fsp3) is 0.353. The summed E-state index contributed by atoms with van der Waals surface area (Å²) in [4.78, 5) is 5.71. The molecule has 0 unspecified atom stereocenters. The predicted molar refractivity (Wildman–Crippen MR) is 91.1 cm³/mol. The van der Waals surface area contributed by atoms with Gasteiger partial charge >= 0.3 is 0 Å². The summed E-state index contributed by atoms with van der Waals surface area (Å²) in [5.41, 5.74) is 12.2. The van der Waals surface area contributed by atoms with Gasteiger partial charge in [-0.15, -0.1) is 11.3 Å². The third-order valence-corrected chi connectivity index (χ3v) is 4.77. The Bertz CT molecular complexity index is 819. The van der Waals surface area contributed by atoms with E-state index < -0.39 is 0 Å². The van der Waals surface area contributed by atoms with Crippen LogP contribution in [-0.2, 0) is 5.41 Å². The highest BCUT2D eigenvalue weighted by Gasteiger charge is 2.23. The number of rotatable bonds is 1. The van der Waals surface area contributed by atoms with E-state index in [0.29, 0.717) is 0 Å². The second kappa shape index (κ2) is 4.60. The smallest absolute Gasteiger partial charge is 0.196 e. The lowest BCUT2D eigenvalue weighted by atomic mass is 9.93. The number of aromatic nitrogens is 2. The zero-order valence-electron chi connectivity index (χ0n) is 13.2. The number of fused-ring (bicyclic) bond motifs is 1. The van der Waals surface area contributed by atoms with Crippen LogP contribution < -0.4 is 5.73 Å². The molecule has 3 rings (SSSR count). The van der Waals surface area contributed by atoms with E-state index in [1.165, 1.54) is 16.8 Å². The lowest BCUT2D eigenvalue weighted by Crippen LogP contribution is -2.14. The number of aryl methyl sites for hydroxylation is 2. The Morgan fingerprint density at radius 3 is 2.48 bits per heavy atom. The van der Waals surface area contributed by atoms with Crippen LogP contribution in [0.2, 0.25) is 0 Å². The van der Waals surface area contributed by atoms with Crippen molar-refractivity contribution in [2.45, 2.75) is 40.0 Å². The maximum absolute atomic E-state index is 6.41. The van der Waals surface area contributed by atoms with Gasteiger partial charge in [0.2, 0.25) is 0 Å². The molecule has 0 amide bonds. The van der Waals surface area contributed by atoms with Crippen LogP contribution in [0, 0.1) is 13.8 Å². The van der Waals surface area contributed by atoms with Crippen LogP contribution in [0.4, 0.5) is 5.82 Å². The molecule has 4 heteroatoms. The molecule has 0 aliphatic heterocycles. The molecule has 0 spiro atoms. The minimum absolute atomic E-state index is 0.0491. The fourth-order valence-electron chi connectivity index (χ4n) is 2.50. The maximum Gasteiger partial charge on any atom is 0.196 e. The molecule has 0 radical (unpaired) electrons. The number of hydrogen-bond acceptors (Lipinski definition) is 3. The molecular weight excluding hydrogens is 278 g/mol. The van der Waals surface area contributed by atoms with Crippen LogP contribution in [0.15, 0.2) is 23.6 Å². The summed E-state index contributed by atoms with van der Waals surface area (Å²) < 4.78 is 2.09. The molecule has 0 atom stereocenters. The number of nitrogen functional groups attached to an aromatic ring is 1. The SMILES string of the molecule is Cc1ccc(-c2nc3scc(C(C)(C)C)n3c2N)cc1C. The molecule has 0 aliphatic carbocycles. The number of imidazole rings is 1. The maximum atomic E-state index is 6.41. The molecule has 2 heterocycles. The molecule has 1 aromatic carbocycles. The number of anilines is 1. The van der Waals surface area contributed by atoms with Gasteiger partial charge in [0.05, 0.1) is 0 Å². The second-order valence-electron chi connectivity index (χ2n) is 6.63. The van der Waals surface area contributed by atoms with Gasteiger partial charge < -0.3 is 5.73 Å². The molecule has 0 saturated heterocycles. The van der Waals surface area contributed by atoms with E-state index in [-0.39, 0.29) is 5.41 Å².